The second kappa shape index (κ2) is 8.41. The summed E-state index contributed by atoms with van der Waals surface area (Å²) >= 11 is 0. The average molecular weight is 484 g/mol. The van der Waals surface area contributed by atoms with Gasteiger partial charge in [-0.2, -0.15) is 0 Å². The summed E-state index contributed by atoms with van der Waals surface area (Å²) in [6.45, 7) is 5.43. The van der Waals surface area contributed by atoms with Crippen LogP contribution in [0.2, 0.25) is 0 Å². The Labute approximate surface area is 209 Å². The van der Waals surface area contributed by atoms with Crippen LogP contribution in [0.1, 0.15) is 33.4 Å². The third kappa shape index (κ3) is 3.25. The van der Waals surface area contributed by atoms with Crippen molar-refractivity contribution in [3.63, 3.8) is 0 Å². The zero-order valence-corrected chi connectivity index (χ0v) is 20.5. The van der Waals surface area contributed by atoms with Gasteiger partial charge < -0.3 is 14.9 Å². The number of carbonyl (C=O) groups excluding carboxylic acids is 1. The van der Waals surface area contributed by atoms with Crippen LogP contribution in [0.5, 0.6) is 17.2 Å². The van der Waals surface area contributed by atoms with E-state index in [1.165, 1.54) is 13.2 Å². The number of carbonyl (C=O) groups is 1. The predicted molar refractivity (Wildman–Crippen MR) is 137 cm³/mol. The molecule has 36 heavy (non-hydrogen) atoms. The van der Waals surface area contributed by atoms with Crippen molar-refractivity contribution in [2.45, 2.75) is 26.2 Å². The Bertz CT molecular complexity index is 1510. The van der Waals surface area contributed by atoms with Crippen LogP contribution in [0, 0.1) is 26.6 Å². The van der Waals surface area contributed by atoms with E-state index >= 15 is 0 Å². The molecule has 0 fully saturated rings. The minimum Gasteiger partial charge on any atom is -0.507 e. The molecule has 1 heterocycles. The number of aromatic hydroxyl groups is 2. The first-order chi connectivity index (χ1) is 17.2. The zero-order valence-electron chi connectivity index (χ0n) is 20.5. The van der Waals surface area contributed by atoms with Gasteiger partial charge in [0.1, 0.15) is 17.0 Å². The molecule has 5 rings (SSSR count). The minimum atomic E-state index is -1.61. The molecule has 1 atom stereocenters. The van der Waals surface area contributed by atoms with Crippen LogP contribution in [0.4, 0.5) is 15.8 Å². The third-order valence-electron chi connectivity index (χ3n) is 6.92. The summed E-state index contributed by atoms with van der Waals surface area (Å²) in [5.74, 6) is -1.30. The molecule has 2 N–H and O–H groups in total. The van der Waals surface area contributed by atoms with E-state index in [9.17, 15) is 19.4 Å². The summed E-state index contributed by atoms with van der Waals surface area (Å²) in [6, 6.07) is 20.6. The molecular weight excluding hydrogens is 457 g/mol. The van der Waals surface area contributed by atoms with E-state index in [4.69, 9.17) is 4.74 Å². The van der Waals surface area contributed by atoms with E-state index in [1.807, 2.05) is 55.5 Å². The lowest BCUT2D eigenvalue weighted by Crippen LogP contribution is -2.40. The fourth-order valence-corrected chi connectivity index (χ4v) is 5.28. The number of para-hydroxylation sites is 1. The van der Waals surface area contributed by atoms with E-state index in [0.717, 1.165) is 11.6 Å². The number of hydrogen-bond donors (Lipinski definition) is 2. The molecule has 0 aromatic heterocycles. The second-order valence-corrected chi connectivity index (χ2v) is 9.21. The largest absolute Gasteiger partial charge is 0.507 e. The summed E-state index contributed by atoms with van der Waals surface area (Å²) in [7, 11) is 1.34. The number of methoxy groups -OCH3 is 1. The van der Waals surface area contributed by atoms with Gasteiger partial charge in [0.25, 0.3) is 5.91 Å². The molecule has 1 aliphatic rings. The van der Waals surface area contributed by atoms with Crippen LogP contribution >= 0.6 is 0 Å². The number of phenols is 2. The smallest absolute Gasteiger partial charge is 0.251 e. The number of amides is 1. The fourth-order valence-electron chi connectivity index (χ4n) is 5.28. The first-order valence-electron chi connectivity index (χ1n) is 11.6. The van der Waals surface area contributed by atoms with E-state index in [1.54, 1.807) is 30.9 Å². The summed E-state index contributed by atoms with van der Waals surface area (Å²) in [5, 5.41) is 21.8. The van der Waals surface area contributed by atoms with Gasteiger partial charge in [-0.1, -0.05) is 42.5 Å². The van der Waals surface area contributed by atoms with Crippen LogP contribution in [-0.4, -0.2) is 23.2 Å². The molecule has 1 unspecified atom stereocenters. The Balaban J connectivity index is 1.95. The summed E-state index contributed by atoms with van der Waals surface area (Å²) < 4.78 is 20.2. The van der Waals surface area contributed by atoms with Crippen LogP contribution in [0.15, 0.2) is 72.8 Å². The van der Waals surface area contributed by atoms with Gasteiger partial charge in [0.2, 0.25) is 0 Å². The summed E-state index contributed by atoms with van der Waals surface area (Å²) in [6.07, 6.45) is 0. The SMILES string of the molecule is COc1cc(F)cc(C2(c3cc(C)c(O)c(C)c3)C(=O)N(c3cccc(C)c3)c3ccccc32)c1O. The topological polar surface area (TPSA) is 70.0 Å². The number of hydrogen-bond acceptors (Lipinski definition) is 4. The Morgan fingerprint density at radius 3 is 2.19 bits per heavy atom. The van der Waals surface area contributed by atoms with E-state index in [0.29, 0.717) is 33.6 Å². The number of benzene rings is 4. The van der Waals surface area contributed by atoms with Crippen molar-refractivity contribution in [2.75, 3.05) is 12.0 Å². The zero-order chi connectivity index (χ0) is 25.8. The minimum absolute atomic E-state index is 0.0662. The van der Waals surface area contributed by atoms with Crippen molar-refractivity contribution in [3.8, 4) is 17.2 Å². The van der Waals surface area contributed by atoms with Gasteiger partial charge in [0, 0.05) is 22.9 Å². The maximum absolute atomic E-state index is 15.0. The highest BCUT2D eigenvalue weighted by molar-refractivity contribution is 6.17. The van der Waals surface area contributed by atoms with E-state index < -0.39 is 11.2 Å². The van der Waals surface area contributed by atoms with Crippen LogP contribution < -0.4 is 9.64 Å². The summed E-state index contributed by atoms with van der Waals surface area (Å²) in [5.41, 5.74) is 2.93. The van der Waals surface area contributed by atoms with Gasteiger partial charge in [-0.15, -0.1) is 0 Å². The Morgan fingerprint density at radius 1 is 0.833 bits per heavy atom. The number of fused-ring (bicyclic) bond motifs is 1. The van der Waals surface area contributed by atoms with Crippen molar-refractivity contribution in [1.29, 1.82) is 0 Å². The van der Waals surface area contributed by atoms with Crippen molar-refractivity contribution in [3.05, 3.63) is 112 Å². The number of anilines is 2. The lowest BCUT2D eigenvalue weighted by atomic mass is 9.69. The number of nitrogens with zero attached hydrogens (tertiary/aromatic N) is 1. The molecule has 6 heteroatoms. The van der Waals surface area contributed by atoms with Gasteiger partial charge in [-0.05, 0) is 67.3 Å². The number of rotatable bonds is 4. The molecule has 0 saturated heterocycles. The van der Waals surface area contributed by atoms with Gasteiger partial charge in [0.15, 0.2) is 11.5 Å². The number of aryl methyl sites for hydroxylation is 3. The van der Waals surface area contributed by atoms with Gasteiger partial charge in [0.05, 0.1) is 12.8 Å². The molecule has 4 aromatic rings. The Kier molecular flexibility index (Phi) is 5.47. The van der Waals surface area contributed by atoms with E-state index in [2.05, 4.69) is 0 Å². The molecule has 182 valence electrons. The van der Waals surface area contributed by atoms with Gasteiger partial charge >= 0.3 is 0 Å². The van der Waals surface area contributed by atoms with Crippen molar-refractivity contribution in [2.24, 2.45) is 0 Å². The lowest BCUT2D eigenvalue weighted by Gasteiger charge is -2.32. The van der Waals surface area contributed by atoms with Gasteiger partial charge in [-0.3, -0.25) is 9.69 Å². The standard InChI is InChI=1S/C30H26FNO4/c1-17-8-7-9-22(12-17)32-25-11-6-5-10-23(25)30(29(32)35,20-13-18(2)27(33)19(3)14-20)24-15-21(31)16-26(36-4)28(24)34/h5-16,33-34H,1-4H3. The molecule has 1 aliphatic heterocycles. The van der Waals surface area contributed by atoms with Crippen molar-refractivity contribution < 1.29 is 24.1 Å². The summed E-state index contributed by atoms with van der Waals surface area (Å²) in [4.78, 5) is 16.4. The molecule has 0 aliphatic carbocycles. The third-order valence-corrected chi connectivity index (χ3v) is 6.92. The molecule has 0 saturated carbocycles. The highest BCUT2D eigenvalue weighted by Crippen LogP contribution is 2.56. The first kappa shape index (κ1) is 23.4. The van der Waals surface area contributed by atoms with Crippen molar-refractivity contribution in [1.82, 2.24) is 0 Å². The van der Waals surface area contributed by atoms with Crippen molar-refractivity contribution >= 4 is 17.3 Å². The molecular formula is C30H26FNO4. The second-order valence-electron chi connectivity index (χ2n) is 9.21. The lowest BCUT2D eigenvalue weighted by molar-refractivity contribution is -0.120. The van der Waals surface area contributed by atoms with E-state index in [-0.39, 0.29) is 28.7 Å². The number of halogens is 1. The molecule has 1 amide bonds. The quantitative estimate of drug-likeness (QED) is 0.364. The molecule has 0 spiro atoms. The molecule has 4 aromatic carbocycles. The molecule has 5 nitrogen and oxygen atoms in total. The molecule has 0 bridgehead atoms. The average Bonchev–Trinajstić information content (AvgIpc) is 3.12. The highest BCUT2D eigenvalue weighted by Gasteiger charge is 2.55. The maximum Gasteiger partial charge on any atom is 0.251 e. The van der Waals surface area contributed by atoms with Crippen LogP contribution in [0.25, 0.3) is 0 Å². The van der Waals surface area contributed by atoms with Gasteiger partial charge in [-0.25, -0.2) is 4.39 Å². The number of ether oxygens (including phenoxy) is 1. The maximum atomic E-state index is 15.0. The number of phenolic OH excluding ortho intramolecular Hbond substituents is 2. The fraction of sp³-hybridized carbons (Fsp3) is 0.167. The Morgan fingerprint density at radius 2 is 1.53 bits per heavy atom. The monoisotopic (exact) mass is 483 g/mol. The normalized spacial score (nSPS) is 16.8. The Hall–Kier alpha value is -4.32. The molecule has 0 radical (unpaired) electrons. The highest BCUT2D eigenvalue weighted by atomic mass is 19.1. The van der Waals surface area contributed by atoms with Crippen LogP contribution in [-0.2, 0) is 10.2 Å². The predicted octanol–water partition coefficient (Wildman–Crippen LogP) is 6.18. The van der Waals surface area contributed by atoms with Crippen LogP contribution in [0.3, 0.4) is 0 Å². The first-order valence-corrected chi connectivity index (χ1v) is 11.6.